The molecule has 74 heavy (non-hydrogen) atoms. The number of aromatic nitrogens is 5. The van der Waals surface area contributed by atoms with Crippen molar-refractivity contribution in [1.82, 2.24) is 22.9 Å². The van der Waals surface area contributed by atoms with Crippen LogP contribution in [0.2, 0.25) is 0 Å². The van der Waals surface area contributed by atoms with Gasteiger partial charge in [0.05, 0.1) is 55.8 Å². The molecule has 0 saturated carbocycles. The topological polar surface area (TPSA) is 31.6 Å². The Labute approximate surface area is 421 Å². The molecule has 0 bridgehead atoms. The van der Waals surface area contributed by atoms with Gasteiger partial charge in [0.15, 0.2) is 0 Å². The van der Waals surface area contributed by atoms with Gasteiger partial charge in [0, 0.05) is 87.1 Å². The maximum atomic E-state index is 5.64. The molecule has 18 rings (SSSR count). The summed E-state index contributed by atoms with van der Waals surface area (Å²) in [7, 11) is 0. The molecule has 0 N–H and O–H groups in total. The highest BCUT2D eigenvalue weighted by molar-refractivity contribution is 6.36. The first-order valence-corrected chi connectivity index (χ1v) is 25.5. The van der Waals surface area contributed by atoms with Crippen LogP contribution in [0, 0.1) is 0 Å². The van der Waals surface area contributed by atoms with Crippen LogP contribution in [0.3, 0.4) is 0 Å². The van der Waals surface area contributed by atoms with Crippen molar-refractivity contribution in [2.24, 2.45) is 0 Å². The van der Waals surface area contributed by atoms with Crippen molar-refractivity contribution < 1.29 is 0 Å². The normalized spacial score (nSPS) is 12.6. The van der Waals surface area contributed by atoms with Crippen LogP contribution in [0.4, 0.5) is 0 Å². The first-order chi connectivity index (χ1) is 36.8. The maximum absolute atomic E-state index is 5.64. The van der Waals surface area contributed by atoms with Crippen LogP contribution in [0.5, 0.6) is 0 Å². The fourth-order valence-corrected chi connectivity index (χ4v) is 13.7. The smallest absolute Gasteiger partial charge is 0.146 e. The van der Waals surface area contributed by atoms with E-state index < -0.39 is 0 Å². The molecule has 0 aliphatic heterocycles. The predicted octanol–water partition coefficient (Wildman–Crippen LogP) is 18.1. The standard InChI is InChI=1S/C69H39N5/c1-3-17-43(18-4-1)71-57-30-11-9-22-47(57)54-36-41(32-34-59(54)71)46-24-13-25-49-50-26-14-28-52-63-61(73(65(46)49)66(50)52)39-70-69-64(63)53-29-15-27-51-56-37-40-16-7-8-21-45(40)62(68(56)74(69)67(51)53)42-33-35-60-55(38-42)48-23-10-12-31-58(48)72(60)44-19-5-2-6-20-44/h1-39H. The van der Waals surface area contributed by atoms with Gasteiger partial charge in [0.25, 0.3) is 0 Å². The van der Waals surface area contributed by atoms with E-state index in [4.69, 9.17) is 4.98 Å². The van der Waals surface area contributed by atoms with Gasteiger partial charge in [-0.1, -0.05) is 164 Å². The number of rotatable bonds is 4. The Morgan fingerprint density at radius 1 is 0.284 bits per heavy atom. The lowest BCUT2D eigenvalue weighted by Crippen LogP contribution is -1.93. The summed E-state index contributed by atoms with van der Waals surface area (Å²) < 4.78 is 9.83. The highest BCUT2D eigenvalue weighted by Gasteiger charge is 2.28. The van der Waals surface area contributed by atoms with E-state index in [1.54, 1.807) is 0 Å². The first kappa shape index (κ1) is 38.7. The van der Waals surface area contributed by atoms with Gasteiger partial charge >= 0.3 is 0 Å². The summed E-state index contributed by atoms with van der Waals surface area (Å²) in [4.78, 5) is 5.64. The Balaban J connectivity index is 0.928. The van der Waals surface area contributed by atoms with E-state index in [9.17, 15) is 0 Å². The van der Waals surface area contributed by atoms with Crippen molar-refractivity contribution in [2.75, 3.05) is 0 Å². The van der Waals surface area contributed by atoms with Gasteiger partial charge in [-0.2, -0.15) is 0 Å². The lowest BCUT2D eigenvalue weighted by atomic mass is 9.93. The fourth-order valence-electron chi connectivity index (χ4n) is 13.7. The third-order valence-corrected chi connectivity index (χ3v) is 16.6. The first-order valence-electron chi connectivity index (χ1n) is 25.5. The summed E-state index contributed by atoms with van der Waals surface area (Å²) in [6.45, 7) is 0. The largest absolute Gasteiger partial charge is 0.309 e. The van der Waals surface area contributed by atoms with Crippen LogP contribution in [0.1, 0.15) is 0 Å². The molecule has 0 atom stereocenters. The molecule has 7 aromatic heterocycles. The molecule has 5 heteroatoms. The number of fused-ring (bicyclic) bond motifs is 20. The van der Waals surface area contributed by atoms with Crippen LogP contribution in [0.25, 0.3) is 164 Å². The molecule has 0 aliphatic carbocycles. The maximum Gasteiger partial charge on any atom is 0.146 e. The van der Waals surface area contributed by atoms with E-state index >= 15 is 0 Å². The summed E-state index contributed by atoms with van der Waals surface area (Å²) in [6.07, 6.45) is 2.16. The Bertz CT molecular complexity index is 5420. The van der Waals surface area contributed by atoms with Crippen molar-refractivity contribution >= 4 is 131 Å². The average molecular weight is 938 g/mol. The second-order valence-corrected chi connectivity index (χ2v) is 20.2. The van der Waals surface area contributed by atoms with Crippen LogP contribution in [-0.4, -0.2) is 22.9 Å². The van der Waals surface area contributed by atoms with Crippen LogP contribution in [0.15, 0.2) is 237 Å². The van der Waals surface area contributed by atoms with Crippen LogP contribution < -0.4 is 0 Å². The predicted molar refractivity (Wildman–Crippen MR) is 311 cm³/mol. The molecule has 340 valence electrons. The molecular formula is C69H39N5. The summed E-state index contributed by atoms with van der Waals surface area (Å²) in [6, 6.07) is 85.2. The molecule has 18 aromatic rings. The van der Waals surface area contributed by atoms with E-state index in [0.29, 0.717) is 0 Å². The lowest BCUT2D eigenvalue weighted by molar-refractivity contribution is 1.18. The SMILES string of the molecule is c1ccc(-n2c3ccccc3c3cc(-c4cccc5c6cccc7c8c9c%10cccc%11c%12cc%13ccccc%13c(-c%13ccc%14c(c%13)c%13ccccc%13n%14-c%13ccccc%13)c%12n(c9ncc8n(c45)c67)c%11%10)ccc32)cc1. The van der Waals surface area contributed by atoms with Gasteiger partial charge in [-0.3, -0.25) is 4.40 Å². The van der Waals surface area contributed by atoms with Crippen molar-refractivity contribution in [3.63, 3.8) is 0 Å². The van der Waals surface area contributed by atoms with Gasteiger partial charge in [-0.25, -0.2) is 4.98 Å². The monoisotopic (exact) mass is 937 g/mol. The second-order valence-electron chi connectivity index (χ2n) is 20.2. The minimum absolute atomic E-state index is 0.982. The number of para-hydroxylation sites is 7. The minimum atomic E-state index is 0.982. The van der Waals surface area contributed by atoms with Crippen LogP contribution in [-0.2, 0) is 0 Å². The highest BCUT2D eigenvalue weighted by Crippen LogP contribution is 2.50. The molecule has 11 aromatic carbocycles. The van der Waals surface area contributed by atoms with E-state index in [0.717, 1.165) is 22.5 Å². The number of benzene rings is 11. The lowest BCUT2D eigenvalue weighted by Gasteiger charge is -2.12. The number of hydrogen-bond acceptors (Lipinski definition) is 1. The van der Waals surface area contributed by atoms with Gasteiger partial charge in [0.1, 0.15) is 5.65 Å². The van der Waals surface area contributed by atoms with Crippen molar-refractivity contribution in [3.8, 4) is 33.6 Å². The molecule has 0 aliphatic rings. The highest BCUT2D eigenvalue weighted by atomic mass is 15.0. The number of pyridine rings is 1. The second kappa shape index (κ2) is 13.9. The third kappa shape index (κ3) is 4.77. The number of hydrogen-bond donors (Lipinski definition) is 0. The quantitative estimate of drug-likeness (QED) is 0.173. The molecule has 0 radical (unpaired) electrons. The Morgan fingerprint density at radius 3 is 1.47 bits per heavy atom. The van der Waals surface area contributed by atoms with Gasteiger partial charge in [-0.15, -0.1) is 0 Å². The summed E-state index contributed by atoms with van der Waals surface area (Å²) in [5.41, 5.74) is 18.9. The van der Waals surface area contributed by atoms with Gasteiger partial charge in [0.2, 0.25) is 0 Å². The van der Waals surface area contributed by atoms with E-state index in [1.807, 2.05) is 0 Å². The molecule has 0 unspecified atom stereocenters. The molecule has 0 amide bonds. The van der Waals surface area contributed by atoms with E-state index in [1.165, 1.54) is 142 Å². The van der Waals surface area contributed by atoms with Gasteiger partial charge in [-0.05, 0) is 88.6 Å². The Morgan fingerprint density at radius 2 is 0.784 bits per heavy atom. The van der Waals surface area contributed by atoms with Crippen molar-refractivity contribution in [2.45, 2.75) is 0 Å². The molecule has 7 heterocycles. The number of nitrogens with zero attached hydrogens (tertiary/aromatic N) is 5. The Hall–Kier alpha value is -9.97. The summed E-state index contributed by atoms with van der Waals surface area (Å²) in [5.74, 6) is 0. The molecule has 0 saturated heterocycles. The van der Waals surface area contributed by atoms with Gasteiger partial charge < -0.3 is 13.5 Å². The van der Waals surface area contributed by atoms with Crippen molar-refractivity contribution in [1.29, 1.82) is 0 Å². The minimum Gasteiger partial charge on any atom is -0.309 e. The zero-order chi connectivity index (χ0) is 47.9. The third-order valence-electron chi connectivity index (χ3n) is 16.6. The van der Waals surface area contributed by atoms with Crippen molar-refractivity contribution in [3.05, 3.63) is 237 Å². The molecule has 0 spiro atoms. The fraction of sp³-hybridized carbons (Fsp3) is 0. The summed E-state index contributed by atoms with van der Waals surface area (Å²) >= 11 is 0. The molecule has 0 fully saturated rings. The average Bonchev–Trinajstić information content (AvgIpc) is 4.35. The summed E-state index contributed by atoms with van der Waals surface area (Å²) in [5, 5.41) is 17.3. The van der Waals surface area contributed by atoms with Crippen LogP contribution >= 0.6 is 0 Å². The molecular weight excluding hydrogens is 899 g/mol. The Kier molecular flexibility index (Phi) is 7.28. The molecule has 5 nitrogen and oxygen atoms in total. The van der Waals surface area contributed by atoms with E-state index in [-0.39, 0.29) is 0 Å². The zero-order valence-electron chi connectivity index (χ0n) is 39.8. The van der Waals surface area contributed by atoms with E-state index in [2.05, 4.69) is 255 Å². The zero-order valence-corrected chi connectivity index (χ0v) is 39.8.